The van der Waals surface area contributed by atoms with E-state index in [1.807, 2.05) is 0 Å². The van der Waals surface area contributed by atoms with Crippen molar-refractivity contribution in [1.29, 1.82) is 0 Å². The fraction of sp³-hybridized carbons (Fsp3) is 0.0952. The van der Waals surface area contributed by atoms with Gasteiger partial charge in [-0.2, -0.15) is 0 Å². The van der Waals surface area contributed by atoms with Crippen molar-refractivity contribution in [3.8, 4) is 11.5 Å². The molecule has 0 radical (unpaired) electrons. The Morgan fingerprint density at radius 2 is 1.57 bits per heavy atom. The Balaban J connectivity index is 1.73. The Hall–Kier alpha value is -3.23. The molecule has 0 unspecified atom stereocenters. The molecular formula is C21H19ClN2O5S. The molecule has 0 spiro atoms. The molecule has 0 bridgehead atoms. The summed E-state index contributed by atoms with van der Waals surface area (Å²) in [4.78, 5) is 12.5. The molecule has 3 aromatic rings. The van der Waals surface area contributed by atoms with Crippen molar-refractivity contribution >= 4 is 38.9 Å². The zero-order valence-corrected chi connectivity index (χ0v) is 17.8. The first kappa shape index (κ1) is 21.5. The summed E-state index contributed by atoms with van der Waals surface area (Å²) in [5.41, 5.74) is 1.16. The summed E-state index contributed by atoms with van der Waals surface area (Å²) >= 11 is 5.89. The molecule has 2 N–H and O–H groups in total. The first-order valence-corrected chi connectivity index (χ1v) is 10.6. The highest BCUT2D eigenvalue weighted by Crippen LogP contribution is 2.28. The van der Waals surface area contributed by atoms with Gasteiger partial charge in [0.2, 0.25) is 0 Å². The maximum absolute atomic E-state index is 12.5. The average Bonchev–Trinajstić information content (AvgIpc) is 2.73. The number of ether oxygens (including phenoxy) is 2. The fourth-order valence-corrected chi connectivity index (χ4v) is 3.90. The minimum Gasteiger partial charge on any atom is -0.493 e. The topological polar surface area (TPSA) is 93.7 Å². The zero-order valence-electron chi connectivity index (χ0n) is 16.2. The van der Waals surface area contributed by atoms with E-state index in [-0.39, 0.29) is 10.8 Å². The third kappa shape index (κ3) is 5.03. The van der Waals surface area contributed by atoms with E-state index in [0.717, 1.165) is 0 Å². The number of nitrogens with one attached hydrogen (secondary N) is 2. The molecule has 30 heavy (non-hydrogen) atoms. The first-order valence-electron chi connectivity index (χ1n) is 8.74. The van der Waals surface area contributed by atoms with Crippen molar-refractivity contribution < 1.29 is 22.7 Å². The molecular weight excluding hydrogens is 428 g/mol. The number of halogens is 1. The van der Waals surface area contributed by atoms with Gasteiger partial charge in [-0.1, -0.05) is 17.7 Å². The van der Waals surface area contributed by atoms with Crippen LogP contribution in [-0.2, 0) is 10.0 Å². The molecule has 0 aromatic heterocycles. The number of sulfonamides is 1. The summed E-state index contributed by atoms with van der Waals surface area (Å²) < 4.78 is 37.9. The van der Waals surface area contributed by atoms with Crippen LogP contribution in [0.25, 0.3) is 0 Å². The van der Waals surface area contributed by atoms with E-state index in [1.54, 1.807) is 36.4 Å². The normalized spacial score (nSPS) is 10.9. The van der Waals surface area contributed by atoms with Gasteiger partial charge in [0.15, 0.2) is 11.5 Å². The Morgan fingerprint density at radius 1 is 0.867 bits per heavy atom. The summed E-state index contributed by atoms with van der Waals surface area (Å²) in [5.74, 6) is 0.568. The molecule has 0 heterocycles. The van der Waals surface area contributed by atoms with Gasteiger partial charge in [0.05, 0.1) is 24.8 Å². The molecule has 7 nitrogen and oxygen atoms in total. The second-order valence-corrected chi connectivity index (χ2v) is 8.28. The van der Waals surface area contributed by atoms with Gasteiger partial charge in [-0.15, -0.1) is 0 Å². The van der Waals surface area contributed by atoms with E-state index in [9.17, 15) is 13.2 Å². The molecule has 0 fully saturated rings. The molecule has 0 saturated heterocycles. The number of methoxy groups -OCH3 is 2. The maximum atomic E-state index is 12.5. The highest BCUT2D eigenvalue weighted by atomic mass is 35.5. The van der Waals surface area contributed by atoms with Gasteiger partial charge in [-0.3, -0.25) is 9.52 Å². The van der Waals surface area contributed by atoms with E-state index >= 15 is 0 Å². The van der Waals surface area contributed by atoms with Crippen LogP contribution in [0.15, 0.2) is 71.6 Å². The highest BCUT2D eigenvalue weighted by Gasteiger charge is 2.15. The summed E-state index contributed by atoms with van der Waals surface area (Å²) in [7, 11) is -0.805. The van der Waals surface area contributed by atoms with E-state index in [2.05, 4.69) is 10.0 Å². The minimum atomic E-state index is -3.80. The lowest BCUT2D eigenvalue weighted by Crippen LogP contribution is -2.14. The largest absolute Gasteiger partial charge is 0.493 e. The number of hydrogen-bond acceptors (Lipinski definition) is 5. The third-order valence-corrected chi connectivity index (χ3v) is 5.78. The van der Waals surface area contributed by atoms with E-state index < -0.39 is 10.0 Å². The van der Waals surface area contributed by atoms with Gasteiger partial charge in [0.25, 0.3) is 15.9 Å². The van der Waals surface area contributed by atoms with E-state index in [1.165, 1.54) is 44.6 Å². The monoisotopic (exact) mass is 446 g/mol. The van der Waals surface area contributed by atoms with Crippen LogP contribution in [0.1, 0.15) is 10.4 Å². The molecule has 9 heteroatoms. The Bertz CT molecular complexity index is 1160. The van der Waals surface area contributed by atoms with Gasteiger partial charge in [0, 0.05) is 16.3 Å². The Morgan fingerprint density at radius 3 is 2.20 bits per heavy atom. The average molecular weight is 447 g/mol. The van der Waals surface area contributed by atoms with Crippen molar-refractivity contribution in [2.24, 2.45) is 0 Å². The number of hydrogen-bond donors (Lipinski definition) is 2. The molecule has 0 saturated carbocycles. The lowest BCUT2D eigenvalue weighted by Gasteiger charge is -2.11. The van der Waals surface area contributed by atoms with Crippen LogP contribution in [-0.4, -0.2) is 28.5 Å². The molecule has 0 aliphatic rings. The molecule has 1 amide bonds. The highest BCUT2D eigenvalue weighted by molar-refractivity contribution is 7.92. The second-order valence-electron chi connectivity index (χ2n) is 6.16. The van der Waals surface area contributed by atoms with Crippen molar-refractivity contribution in [3.05, 3.63) is 77.3 Å². The lowest BCUT2D eigenvalue weighted by atomic mass is 10.2. The third-order valence-electron chi connectivity index (χ3n) is 4.15. The van der Waals surface area contributed by atoms with E-state index in [4.69, 9.17) is 21.1 Å². The van der Waals surface area contributed by atoms with Crippen LogP contribution in [0.5, 0.6) is 11.5 Å². The van der Waals surface area contributed by atoms with Gasteiger partial charge in [-0.05, 0) is 60.7 Å². The molecule has 3 aromatic carbocycles. The number of carbonyl (C=O) groups excluding carboxylic acids is 1. The maximum Gasteiger partial charge on any atom is 0.261 e. The quantitative estimate of drug-likeness (QED) is 0.560. The van der Waals surface area contributed by atoms with Gasteiger partial charge < -0.3 is 14.8 Å². The fourth-order valence-electron chi connectivity index (χ4n) is 2.66. The lowest BCUT2D eigenvalue weighted by molar-refractivity contribution is 0.102. The molecule has 0 aliphatic carbocycles. The van der Waals surface area contributed by atoms with Crippen molar-refractivity contribution in [2.75, 3.05) is 24.3 Å². The van der Waals surface area contributed by atoms with Crippen LogP contribution in [0.2, 0.25) is 5.02 Å². The number of anilines is 2. The standard InChI is InChI=1S/C21H19ClN2O5S/c1-28-19-11-6-14(12-20(19)29-2)21(25)23-16-7-9-18(10-8-16)30(26,27)24-17-5-3-4-15(22)13-17/h3-13,24H,1-2H3,(H,23,25). The Labute approximate surface area is 179 Å². The molecule has 3 rings (SSSR count). The number of benzene rings is 3. The summed E-state index contributed by atoms with van der Waals surface area (Å²) in [6.45, 7) is 0. The van der Waals surface area contributed by atoms with Gasteiger partial charge in [0.1, 0.15) is 0 Å². The van der Waals surface area contributed by atoms with Crippen LogP contribution in [0.4, 0.5) is 11.4 Å². The number of rotatable bonds is 7. The number of carbonyl (C=O) groups is 1. The second kappa shape index (κ2) is 9.06. The van der Waals surface area contributed by atoms with Crippen molar-refractivity contribution in [2.45, 2.75) is 4.90 Å². The van der Waals surface area contributed by atoms with Crippen LogP contribution in [0.3, 0.4) is 0 Å². The van der Waals surface area contributed by atoms with Crippen molar-refractivity contribution in [1.82, 2.24) is 0 Å². The SMILES string of the molecule is COc1ccc(C(=O)Nc2ccc(S(=O)(=O)Nc3cccc(Cl)c3)cc2)cc1OC. The zero-order chi connectivity index (χ0) is 21.7. The Kier molecular flexibility index (Phi) is 6.49. The summed E-state index contributed by atoms with van der Waals surface area (Å²) in [6, 6.07) is 17.0. The van der Waals surface area contributed by atoms with E-state index in [0.29, 0.717) is 33.5 Å². The van der Waals surface area contributed by atoms with Gasteiger partial charge >= 0.3 is 0 Å². The predicted molar refractivity (Wildman–Crippen MR) is 116 cm³/mol. The van der Waals surface area contributed by atoms with Crippen molar-refractivity contribution in [3.63, 3.8) is 0 Å². The number of amides is 1. The van der Waals surface area contributed by atoms with Crippen LogP contribution >= 0.6 is 11.6 Å². The minimum absolute atomic E-state index is 0.0478. The molecule has 0 atom stereocenters. The van der Waals surface area contributed by atoms with Crippen LogP contribution in [0, 0.1) is 0 Å². The molecule has 156 valence electrons. The predicted octanol–water partition coefficient (Wildman–Crippen LogP) is 4.41. The van der Waals surface area contributed by atoms with Crippen LogP contribution < -0.4 is 19.5 Å². The van der Waals surface area contributed by atoms with Gasteiger partial charge in [-0.25, -0.2) is 8.42 Å². The summed E-state index contributed by atoms with van der Waals surface area (Å²) in [5, 5.41) is 3.13. The molecule has 0 aliphatic heterocycles. The first-order chi connectivity index (χ1) is 14.3. The smallest absolute Gasteiger partial charge is 0.261 e. The summed E-state index contributed by atoms with van der Waals surface area (Å²) in [6.07, 6.45) is 0.